The van der Waals surface area contributed by atoms with Crippen LogP contribution in [-0.4, -0.2) is 13.1 Å². The maximum atomic E-state index is 12.2. The third-order valence-electron chi connectivity index (χ3n) is 5.65. The Labute approximate surface area is 175 Å². The Morgan fingerprint density at radius 1 is 1.07 bits per heavy atom. The number of methoxy groups -OCH3 is 1. The third kappa shape index (κ3) is 5.20. The molecule has 1 aliphatic carbocycles. The molecule has 2 aromatic carbocycles. The van der Waals surface area contributed by atoms with E-state index < -0.39 is 5.41 Å². The molecule has 0 aromatic heterocycles. The molecule has 0 saturated carbocycles. The molecular formula is C26H34O3. The first-order valence-corrected chi connectivity index (χ1v) is 10.7. The summed E-state index contributed by atoms with van der Waals surface area (Å²) in [7, 11) is 1.73. The number of carbonyl (C=O) groups excluding carboxylic acids is 1. The Morgan fingerprint density at radius 2 is 1.79 bits per heavy atom. The number of rotatable bonds is 5. The van der Waals surface area contributed by atoms with Gasteiger partial charge < -0.3 is 9.47 Å². The smallest absolute Gasteiger partial charge is 0.316 e. The summed E-state index contributed by atoms with van der Waals surface area (Å²) in [5, 5.41) is 0. The van der Waals surface area contributed by atoms with Crippen LogP contribution in [0.2, 0.25) is 0 Å². The molecule has 0 radical (unpaired) electrons. The van der Waals surface area contributed by atoms with E-state index in [2.05, 4.69) is 44.2 Å². The van der Waals surface area contributed by atoms with Crippen molar-refractivity contribution in [3.63, 3.8) is 0 Å². The zero-order valence-corrected chi connectivity index (χ0v) is 18.7. The van der Waals surface area contributed by atoms with Crippen molar-refractivity contribution in [3.05, 3.63) is 58.7 Å². The van der Waals surface area contributed by atoms with Gasteiger partial charge in [-0.15, -0.1) is 0 Å². The highest BCUT2D eigenvalue weighted by Gasteiger charge is 2.26. The molecule has 2 aromatic rings. The Balaban J connectivity index is 1.80. The van der Waals surface area contributed by atoms with Gasteiger partial charge in [0.15, 0.2) is 0 Å². The number of hydrogen-bond donors (Lipinski definition) is 0. The first kappa shape index (κ1) is 21.4. The lowest BCUT2D eigenvalue weighted by atomic mass is 9.78. The second-order valence-corrected chi connectivity index (χ2v) is 9.67. The quantitative estimate of drug-likeness (QED) is 0.453. The number of hydrogen-bond acceptors (Lipinski definition) is 3. The van der Waals surface area contributed by atoms with Crippen LogP contribution in [0.15, 0.2) is 36.4 Å². The molecule has 3 nitrogen and oxygen atoms in total. The molecular weight excluding hydrogens is 360 g/mol. The fourth-order valence-corrected chi connectivity index (χ4v) is 4.04. The van der Waals surface area contributed by atoms with E-state index in [4.69, 9.17) is 9.47 Å². The van der Waals surface area contributed by atoms with Crippen LogP contribution >= 0.6 is 0 Å². The van der Waals surface area contributed by atoms with Crippen molar-refractivity contribution in [1.29, 1.82) is 0 Å². The lowest BCUT2D eigenvalue weighted by Crippen LogP contribution is -2.25. The van der Waals surface area contributed by atoms with Crippen LogP contribution in [-0.2, 0) is 24.1 Å². The predicted octanol–water partition coefficient (Wildman–Crippen LogP) is 6.12. The van der Waals surface area contributed by atoms with Crippen LogP contribution in [0.1, 0.15) is 69.2 Å². The minimum absolute atomic E-state index is 0.192. The van der Waals surface area contributed by atoms with Gasteiger partial charge in [0.05, 0.1) is 12.5 Å². The lowest BCUT2D eigenvalue weighted by molar-refractivity contribution is -0.143. The number of benzene rings is 2. The number of aryl methyl sites for hydroxylation is 1. The molecule has 3 heteroatoms. The maximum Gasteiger partial charge on any atom is 0.316 e. The van der Waals surface area contributed by atoms with Gasteiger partial charge in [-0.1, -0.05) is 26.0 Å². The van der Waals surface area contributed by atoms with E-state index >= 15 is 0 Å². The van der Waals surface area contributed by atoms with Gasteiger partial charge in [-0.05, 0) is 105 Å². The van der Waals surface area contributed by atoms with Crippen LogP contribution < -0.4 is 9.47 Å². The van der Waals surface area contributed by atoms with Gasteiger partial charge in [0.2, 0.25) is 0 Å². The Kier molecular flexibility index (Phi) is 6.36. The van der Waals surface area contributed by atoms with Crippen molar-refractivity contribution in [2.75, 3.05) is 7.11 Å². The molecule has 0 N–H and O–H groups in total. The van der Waals surface area contributed by atoms with Crippen LogP contribution in [0, 0.1) is 11.3 Å². The molecule has 3 rings (SSSR count). The summed E-state index contributed by atoms with van der Waals surface area (Å²) >= 11 is 0. The van der Waals surface area contributed by atoms with Crippen molar-refractivity contribution in [1.82, 2.24) is 0 Å². The topological polar surface area (TPSA) is 35.5 Å². The van der Waals surface area contributed by atoms with Crippen molar-refractivity contribution in [3.8, 4) is 11.5 Å². The normalized spacial score (nSPS) is 16.4. The Morgan fingerprint density at radius 3 is 2.45 bits per heavy atom. The van der Waals surface area contributed by atoms with E-state index in [9.17, 15) is 4.79 Å². The molecule has 156 valence electrons. The van der Waals surface area contributed by atoms with E-state index in [0.717, 1.165) is 31.4 Å². The number of carbonyl (C=O) groups is 1. The van der Waals surface area contributed by atoms with Gasteiger partial charge in [0.1, 0.15) is 11.5 Å². The van der Waals surface area contributed by atoms with Gasteiger partial charge in [-0.3, -0.25) is 4.79 Å². The summed E-state index contributed by atoms with van der Waals surface area (Å²) in [6.07, 6.45) is 4.22. The van der Waals surface area contributed by atoms with Crippen LogP contribution in [0.5, 0.6) is 11.5 Å². The lowest BCUT2D eigenvalue weighted by Gasteiger charge is -2.28. The largest absolute Gasteiger partial charge is 0.497 e. The molecule has 0 bridgehead atoms. The van der Waals surface area contributed by atoms with E-state index in [1.165, 1.54) is 22.3 Å². The molecule has 0 saturated heterocycles. The van der Waals surface area contributed by atoms with Crippen molar-refractivity contribution in [2.45, 2.75) is 66.2 Å². The second kappa shape index (κ2) is 8.61. The van der Waals surface area contributed by atoms with Gasteiger partial charge in [0.25, 0.3) is 0 Å². The monoisotopic (exact) mass is 394 g/mol. The summed E-state index contributed by atoms with van der Waals surface area (Å²) in [6, 6.07) is 12.7. The summed E-state index contributed by atoms with van der Waals surface area (Å²) in [5.41, 5.74) is 5.03. The zero-order chi connectivity index (χ0) is 21.2. The molecule has 0 aliphatic heterocycles. The average molecular weight is 395 g/mol. The molecule has 0 amide bonds. The van der Waals surface area contributed by atoms with Crippen LogP contribution in [0.4, 0.5) is 0 Å². The van der Waals surface area contributed by atoms with Crippen molar-refractivity contribution in [2.24, 2.45) is 11.3 Å². The van der Waals surface area contributed by atoms with Gasteiger partial charge in [0, 0.05) is 0 Å². The minimum atomic E-state index is -0.498. The molecule has 1 aliphatic rings. The number of ether oxygens (including phenoxy) is 2. The molecule has 0 fully saturated rings. The maximum absolute atomic E-state index is 12.2. The molecule has 0 heterocycles. The summed E-state index contributed by atoms with van der Waals surface area (Å²) < 4.78 is 11.1. The third-order valence-corrected chi connectivity index (χ3v) is 5.65. The standard InChI is InChI=1S/C26H34O3/c1-17(2)13-21-16-22(28-6)11-12-24(21)20-8-7-19-15-23(10-9-18(19)14-20)29-25(27)26(3,4)5/h9-12,15-17,20H,7-8,13-14H2,1-6H3/t20-/m0/s1. The van der Waals surface area contributed by atoms with Crippen molar-refractivity contribution >= 4 is 5.97 Å². The summed E-state index contributed by atoms with van der Waals surface area (Å²) in [5.74, 6) is 2.53. The van der Waals surface area contributed by atoms with Crippen LogP contribution in [0.25, 0.3) is 0 Å². The SMILES string of the molecule is COc1ccc([C@H]2CCc3cc(OC(=O)C(C)(C)C)ccc3C2)c(CC(C)C)c1. The van der Waals surface area contributed by atoms with Gasteiger partial charge in [-0.2, -0.15) is 0 Å². The number of fused-ring (bicyclic) bond motifs is 1. The van der Waals surface area contributed by atoms with E-state index in [1.807, 2.05) is 26.8 Å². The molecule has 0 spiro atoms. The molecule has 29 heavy (non-hydrogen) atoms. The van der Waals surface area contributed by atoms with Gasteiger partial charge in [-0.25, -0.2) is 0 Å². The van der Waals surface area contributed by atoms with E-state index in [-0.39, 0.29) is 5.97 Å². The predicted molar refractivity (Wildman–Crippen MR) is 118 cm³/mol. The average Bonchev–Trinajstić information content (AvgIpc) is 2.66. The fourth-order valence-electron chi connectivity index (χ4n) is 4.04. The highest BCUT2D eigenvalue weighted by Crippen LogP contribution is 2.37. The van der Waals surface area contributed by atoms with Gasteiger partial charge >= 0.3 is 5.97 Å². The summed E-state index contributed by atoms with van der Waals surface area (Å²) in [6.45, 7) is 10.2. The van der Waals surface area contributed by atoms with E-state index in [0.29, 0.717) is 17.6 Å². The summed E-state index contributed by atoms with van der Waals surface area (Å²) in [4.78, 5) is 12.2. The molecule has 0 unspecified atom stereocenters. The highest BCUT2D eigenvalue weighted by atomic mass is 16.5. The Bertz CT molecular complexity index is 874. The van der Waals surface area contributed by atoms with E-state index in [1.54, 1.807) is 7.11 Å². The first-order valence-electron chi connectivity index (χ1n) is 10.7. The highest BCUT2D eigenvalue weighted by molar-refractivity contribution is 5.77. The first-order chi connectivity index (χ1) is 13.7. The second-order valence-electron chi connectivity index (χ2n) is 9.67. The fraction of sp³-hybridized carbons (Fsp3) is 0.500. The Hall–Kier alpha value is -2.29. The number of esters is 1. The zero-order valence-electron chi connectivity index (χ0n) is 18.7. The minimum Gasteiger partial charge on any atom is -0.497 e. The van der Waals surface area contributed by atoms with Crippen molar-refractivity contribution < 1.29 is 14.3 Å². The van der Waals surface area contributed by atoms with Crippen LogP contribution in [0.3, 0.4) is 0 Å². The molecule has 1 atom stereocenters.